The highest BCUT2D eigenvalue weighted by molar-refractivity contribution is 6.02. The van der Waals surface area contributed by atoms with Gasteiger partial charge in [0.25, 0.3) is 5.91 Å². The molecule has 1 aromatic carbocycles. The van der Waals surface area contributed by atoms with Crippen molar-refractivity contribution in [1.82, 2.24) is 4.90 Å². The summed E-state index contributed by atoms with van der Waals surface area (Å²) in [6.07, 6.45) is 1.61. The zero-order chi connectivity index (χ0) is 11.8. The molecule has 4 nitrogen and oxygen atoms in total. The third kappa shape index (κ3) is 1.58. The molecule has 1 aliphatic heterocycles. The second-order valence-electron chi connectivity index (χ2n) is 4.12. The zero-order valence-electron chi connectivity index (χ0n) is 9.22. The van der Waals surface area contributed by atoms with E-state index in [1.54, 1.807) is 17.2 Å². The van der Waals surface area contributed by atoms with Crippen LogP contribution in [0, 0.1) is 0 Å². The highest BCUT2D eigenvalue weighted by Crippen LogP contribution is 2.28. The quantitative estimate of drug-likeness (QED) is 0.800. The number of nitrogens with two attached hydrogens (primary N) is 1. The molecule has 0 radical (unpaired) electrons. The molecular weight excluding hydrogens is 216 g/mol. The Kier molecular flexibility index (Phi) is 2.14. The normalized spacial score (nSPS) is 14.1. The van der Waals surface area contributed by atoms with Crippen molar-refractivity contribution in [2.75, 3.05) is 5.73 Å². The van der Waals surface area contributed by atoms with Gasteiger partial charge in [0.2, 0.25) is 0 Å². The Bertz CT molecular complexity index is 561. The highest BCUT2D eigenvalue weighted by atomic mass is 16.3. The molecule has 17 heavy (non-hydrogen) atoms. The third-order valence-electron chi connectivity index (χ3n) is 2.97. The number of hydrogen-bond acceptors (Lipinski definition) is 3. The maximum atomic E-state index is 12.1. The number of rotatable bonds is 2. The lowest BCUT2D eigenvalue weighted by Gasteiger charge is -2.13. The van der Waals surface area contributed by atoms with Crippen LogP contribution in [0.25, 0.3) is 0 Å². The lowest BCUT2D eigenvalue weighted by molar-refractivity contribution is 0.0756. The van der Waals surface area contributed by atoms with E-state index in [2.05, 4.69) is 0 Å². The van der Waals surface area contributed by atoms with Crippen molar-refractivity contribution < 1.29 is 9.21 Å². The fourth-order valence-electron chi connectivity index (χ4n) is 2.17. The Labute approximate surface area is 98.6 Å². The molecule has 0 spiro atoms. The summed E-state index contributed by atoms with van der Waals surface area (Å²) in [6.45, 7) is 1.08. The van der Waals surface area contributed by atoms with Crippen molar-refractivity contribution in [2.24, 2.45) is 0 Å². The molecule has 1 amide bonds. The number of anilines is 1. The Balaban J connectivity index is 1.89. The molecule has 0 saturated heterocycles. The summed E-state index contributed by atoms with van der Waals surface area (Å²) in [6, 6.07) is 9.24. The lowest BCUT2D eigenvalue weighted by atomic mass is 10.1. The van der Waals surface area contributed by atoms with E-state index >= 15 is 0 Å². The minimum atomic E-state index is -0.0190. The van der Waals surface area contributed by atoms with Crippen molar-refractivity contribution in [3.8, 4) is 0 Å². The standard InChI is InChI=1S/C13H12N2O2/c14-11-5-1-3-9-7-15(13(16)12(9)11)8-10-4-2-6-17-10/h1-6H,7-8,14H2. The summed E-state index contributed by atoms with van der Waals surface area (Å²) >= 11 is 0. The minimum absolute atomic E-state index is 0.0190. The van der Waals surface area contributed by atoms with Crippen molar-refractivity contribution >= 4 is 11.6 Å². The zero-order valence-corrected chi connectivity index (χ0v) is 9.22. The second-order valence-corrected chi connectivity index (χ2v) is 4.12. The van der Waals surface area contributed by atoms with E-state index < -0.39 is 0 Å². The summed E-state index contributed by atoms with van der Waals surface area (Å²) in [5.41, 5.74) is 8.00. The molecule has 0 atom stereocenters. The minimum Gasteiger partial charge on any atom is -0.467 e. The van der Waals surface area contributed by atoms with Crippen LogP contribution in [0.3, 0.4) is 0 Å². The highest BCUT2D eigenvalue weighted by Gasteiger charge is 2.29. The molecule has 0 bridgehead atoms. The maximum absolute atomic E-state index is 12.1. The van der Waals surface area contributed by atoms with Crippen LogP contribution >= 0.6 is 0 Å². The van der Waals surface area contributed by atoms with Gasteiger partial charge in [-0.3, -0.25) is 4.79 Å². The number of nitrogens with zero attached hydrogens (tertiary/aromatic N) is 1. The van der Waals surface area contributed by atoms with Crippen molar-refractivity contribution in [3.05, 3.63) is 53.5 Å². The van der Waals surface area contributed by atoms with Crippen LogP contribution in [-0.4, -0.2) is 10.8 Å². The van der Waals surface area contributed by atoms with E-state index in [1.807, 2.05) is 24.3 Å². The van der Waals surface area contributed by atoms with Gasteiger partial charge in [-0.2, -0.15) is 0 Å². The van der Waals surface area contributed by atoms with Gasteiger partial charge in [-0.05, 0) is 23.8 Å². The number of carbonyl (C=O) groups excluding carboxylic acids is 1. The first kappa shape index (κ1) is 9.96. The average Bonchev–Trinajstić information content (AvgIpc) is 2.90. The summed E-state index contributed by atoms with van der Waals surface area (Å²) in [5.74, 6) is 0.763. The number of nitrogen functional groups attached to an aromatic ring is 1. The molecule has 0 aliphatic carbocycles. The fraction of sp³-hybridized carbons (Fsp3) is 0.154. The Morgan fingerprint density at radius 1 is 1.29 bits per heavy atom. The third-order valence-corrected chi connectivity index (χ3v) is 2.97. The molecule has 0 saturated carbocycles. The van der Waals surface area contributed by atoms with Gasteiger partial charge in [-0.15, -0.1) is 0 Å². The van der Waals surface area contributed by atoms with E-state index in [1.165, 1.54) is 0 Å². The number of furan rings is 1. The van der Waals surface area contributed by atoms with Gasteiger partial charge >= 0.3 is 0 Å². The summed E-state index contributed by atoms with van der Waals surface area (Å²) < 4.78 is 5.25. The summed E-state index contributed by atoms with van der Waals surface area (Å²) in [7, 11) is 0. The lowest BCUT2D eigenvalue weighted by Crippen LogP contribution is -2.23. The number of amides is 1. The van der Waals surface area contributed by atoms with Crippen LogP contribution in [0.1, 0.15) is 21.7 Å². The predicted molar refractivity (Wildman–Crippen MR) is 63.1 cm³/mol. The van der Waals surface area contributed by atoms with E-state index in [0.717, 1.165) is 11.3 Å². The van der Waals surface area contributed by atoms with E-state index in [4.69, 9.17) is 10.2 Å². The van der Waals surface area contributed by atoms with E-state index in [0.29, 0.717) is 24.3 Å². The van der Waals surface area contributed by atoms with Gasteiger partial charge < -0.3 is 15.1 Å². The molecule has 0 fully saturated rings. The van der Waals surface area contributed by atoms with Gasteiger partial charge in [0, 0.05) is 12.2 Å². The van der Waals surface area contributed by atoms with Crippen LogP contribution in [0.2, 0.25) is 0 Å². The maximum Gasteiger partial charge on any atom is 0.257 e. The van der Waals surface area contributed by atoms with Crippen molar-refractivity contribution in [3.63, 3.8) is 0 Å². The first-order valence-electron chi connectivity index (χ1n) is 5.45. The predicted octanol–water partition coefficient (Wildman–Crippen LogP) is 2.02. The average molecular weight is 228 g/mol. The summed E-state index contributed by atoms with van der Waals surface area (Å²) in [4.78, 5) is 13.9. The molecule has 2 aromatic rings. The number of fused-ring (bicyclic) bond motifs is 1. The Morgan fingerprint density at radius 3 is 2.88 bits per heavy atom. The summed E-state index contributed by atoms with van der Waals surface area (Å²) in [5, 5.41) is 0. The Morgan fingerprint density at radius 2 is 2.18 bits per heavy atom. The first-order valence-corrected chi connectivity index (χ1v) is 5.45. The van der Waals surface area contributed by atoms with E-state index in [9.17, 15) is 4.79 Å². The van der Waals surface area contributed by atoms with Crippen LogP contribution < -0.4 is 5.73 Å². The SMILES string of the molecule is Nc1cccc2c1C(=O)N(Cc1ccco1)C2. The molecule has 3 rings (SSSR count). The molecule has 1 aliphatic rings. The van der Waals surface area contributed by atoms with Crippen LogP contribution in [0.5, 0.6) is 0 Å². The topological polar surface area (TPSA) is 59.5 Å². The number of hydrogen-bond donors (Lipinski definition) is 1. The molecule has 4 heteroatoms. The smallest absolute Gasteiger partial charge is 0.257 e. The van der Waals surface area contributed by atoms with Gasteiger partial charge in [0.05, 0.1) is 18.4 Å². The molecule has 2 heterocycles. The molecular formula is C13H12N2O2. The van der Waals surface area contributed by atoms with Crippen LogP contribution in [0.15, 0.2) is 41.0 Å². The first-order chi connectivity index (χ1) is 8.25. The number of benzene rings is 1. The largest absolute Gasteiger partial charge is 0.467 e. The van der Waals surface area contributed by atoms with Crippen LogP contribution in [0.4, 0.5) is 5.69 Å². The van der Waals surface area contributed by atoms with Crippen LogP contribution in [-0.2, 0) is 13.1 Å². The van der Waals surface area contributed by atoms with Gasteiger partial charge in [-0.25, -0.2) is 0 Å². The molecule has 86 valence electrons. The second kappa shape index (κ2) is 3.66. The van der Waals surface area contributed by atoms with Gasteiger partial charge in [-0.1, -0.05) is 12.1 Å². The van der Waals surface area contributed by atoms with Crippen molar-refractivity contribution in [1.29, 1.82) is 0 Å². The molecule has 0 unspecified atom stereocenters. The Hall–Kier alpha value is -2.23. The van der Waals surface area contributed by atoms with Crippen molar-refractivity contribution in [2.45, 2.75) is 13.1 Å². The van der Waals surface area contributed by atoms with Gasteiger partial charge in [0.15, 0.2) is 0 Å². The number of carbonyl (C=O) groups is 1. The fourth-order valence-corrected chi connectivity index (χ4v) is 2.17. The molecule has 1 aromatic heterocycles. The van der Waals surface area contributed by atoms with E-state index in [-0.39, 0.29) is 5.91 Å². The molecule has 2 N–H and O–H groups in total. The van der Waals surface area contributed by atoms with Gasteiger partial charge in [0.1, 0.15) is 5.76 Å². The monoisotopic (exact) mass is 228 g/mol.